The van der Waals surface area contributed by atoms with Crippen LogP contribution in [0.1, 0.15) is 6.92 Å². The monoisotopic (exact) mass is 280 g/mol. The molecule has 2 heterocycles. The number of likely N-dealkylation sites (N-methyl/N-ethyl adjacent to an activating group) is 2. The number of aliphatic hydroxyl groups excluding tert-OH is 1. The van der Waals surface area contributed by atoms with Crippen molar-refractivity contribution in [2.75, 3.05) is 68.5 Å². The summed E-state index contributed by atoms with van der Waals surface area (Å²) in [5.41, 5.74) is 6.86. The third-order valence-electron chi connectivity index (χ3n) is 3.70. The van der Waals surface area contributed by atoms with E-state index in [1.807, 2.05) is 11.8 Å². The van der Waals surface area contributed by atoms with Crippen molar-refractivity contribution in [2.45, 2.75) is 6.92 Å². The zero-order valence-electron chi connectivity index (χ0n) is 12.3. The second kappa shape index (κ2) is 6.71. The van der Waals surface area contributed by atoms with Gasteiger partial charge in [-0.1, -0.05) is 0 Å². The predicted molar refractivity (Wildman–Crippen MR) is 81.1 cm³/mol. The Morgan fingerprint density at radius 2 is 2.00 bits per heavy atom. The lowest BCUT2D eigenvalue weighted by Crippen LogP contribution is -2.45. The number of piperazine rings is 1. The molecule has 1 saturated heterocycles. The molecule has 20 heavy (non-hydrogen) atoms. The van der Waals surface area contributed by atoms with Crippen molar-refractivity contribution in [3.05, 3.63) is 6.33 Å². The van der Waals surface area contributed by atoms with Crippen LogP contribution in [0.15, 0.2) is 6.33 Å². The van der Waals surface area contributed by atoms with Gasteiger partial charge in [0, 0.05) is 39.3 Å². The van der Waals surface area contributed by atoms with Crippen LogP contribution in [0.4, 0.5) is 17.3 Å². The fourth-order valence-corrected chi connectivity index (χ4v) is 2.43. The lowest BCUT2D eigenvalue weighted by molar-refractivity contribution is 0.302. The summed E-state index contributed by atoms with van der Waals surface area (Å²) in [6, 6.07) is 0. The van der Waals surface area contributed by atoms with E-state index in [4.69, 9.17) is 10.8 Å². The molecule has 0 radical (unpaired) electrons. The van der Waals surface area contributed by atoms with Crippen molar-refractivity contribution in [3.8, 4) is 0 Å². The molecule has 1 aliphatic rings. The molecule has 0 amide bonds. The molecule has 7 nitrogen and oxygen atoms in total. The molecule has 3 N–H and O–H groups in total. The van der Waals surface area contributed by atoms with Gasteiger partial charge >= 0.3 is 0 Å². The maximum absolute atomic E-state index is 9.13. The van der Waals surface area contributed by atoms with E-state index in [1.54, 1.807) is 6.33 Å². The van der Waals surface area contributed by atoms with Crippen LogP contribution < -0.4 is 15.5 Å². The van der Waals surface area contributed by atoms with Crippen molar-refractivity contribution in [1.82, 2.24) is 14.9 Å². The highest BCUT2D eigenvalue weighted by Gasteiger charge is 2.21. The first-order valence-electron chi connectivity index (χ1n) is 7.07. The van der Waals surface area contributed by atoms with Gasteiger partial charge in [0.25, 0.3) is 0 Å². The molecule has 1 aromatic rings. The Bertz CT molecular complexity index is 433. The normalized spacial score (nSPS) is 16.4. The highest BCUT2D eigenvalue weighted by molar-refractivity contribution is 5.75. The fraction of sp³-hybridized carbons (Fsp3) is 0.692. The van der Waals surface area contributed by atoms with Crippen LogP contribution in [-0.2, 0) is 0 Å². The Labute approximate surface area is 120 Å². The summed E-state index contributed by atoms with van der Waals surface area (Å²) in [6.45, 7) is 7.24. The van der Waals surface area contributed by atoms with Crippen LogP contribution in [0.25, 0.3) is 0 Å². The summed E-state index contributed by atoms with van der Waals surface area (Å²) < 4.78 is 0. The molecular formula is C13H24N6O. The molecule has 0 aliphatic carbocycles. The van der Waals surface area contributed by atoms with Crippen LogP contribution in [0, 0.1) is 0 Å². The average molecular weight is 280 g/mol. The first-order chi connectivity index (χ1) is 9.67. The summed E-state index contributed by atoms with van der Waals surface area (Å²) in [4.78, 5) is 15.1. The van der Waals surface area contributed by atoms with Gasteiger partial charge in [-0.15, -0.1) is 0 Å². The third kappa shape index (κ3) is 3.10. The highest BCUT2D eigenvalue weighted by Crippen LogP contribution is 2.29. The van der Waals surface area contributed by atoms with Crippen LogP contribution in [0.2, 0.25) is 0 Å². The number of anilines is 3. The summed E-state index contributed by atoms with van der Waals surface area (Å²) >= 11 is 0. The smallest absolute Gasteiger partial charge is 0.157 e. The Hall–Kier alpha value is -1.60. The number of nitrogens with two attached hydrogens (primary N) is 1. The van der Waals surface area contributed by atoms with Crippen LogP contribution >= 0.6 is 0 Å². The van der Waals surface area contributed by atoms with Gasteiger partial charge in [0.15, 0.2) is 11.6 Å². The molecule has 2 rings (SSSR count). The zero-order chi connectivity index (χ0) is 14.5. The SMILES string of the molecule is CCN(CCO)c1ncnc(N2CCN(C)CC2)c1N. The third-order valence-corrected chi connectivity index (χ3v) is 3.70. The van der Waals surface area contributed by atoms with Gasteiger partial charge in [-0.2, -0.15) is 0 Å². The Balaban J connectivity index is 2.22. The number of nitrogen functional groups attached to an aromatic ring is 1. The second-order valence-electron chi connectivity index (χ2n) is 5.03. The van der Waals surface area contributed by atoms with Gasteiger partial charge in [0.2, 0.25) is 0 Å². The van der Waals surface area contributed by atoms with Crippen molar-refractivity contribution < 1.29 is 5.11 Å². The highest BCUT2D eigenvalue weighted by atomic mass is 16.3. The van der Waals surface area contributed by atoms with Gasteiger partial charge in [0.05, 0.1) is 6.61 Å². The minimum absolute atomic E-state index is 0.0844. The lowest BCUT2D eigenvalue weighted by atomic mass is 10.3. The Morgan fingerprint density at radius 3 is 2.60 bits per heavy atom. The molecule has 0 spiro atoms. The molecule has 0 saturated carbocycles. The molecule has 1 fully saturated rings. The average Bonchev–Trinajstić information content (AvgIpc) is 2.46. The van der Waals surface area contributed by atoms with Crippen molar-refractivity contribution in [1.29, 1.82) is 0 Å². The lowest BCUT2D eigenvalue weighted by Gasteiger charge is -2.34. The molecule has 112 valence electrons. The van der Waals surface area contributed by atoms with E-state index in [1.165, 1.54) is 0 Å². The van der Waals surface area contributed by atoms with E-state index >= 15 is 0 Å². The van der Waals surface area contributed by atoms with E-state index in [-0.39, 0.29) is 6.61 Å². The quantitative estimate of drug-likeness (QED) is 0.761. The Morgan fingerprint density at radius 1 is 1.30 bits per heavy atom. The predicted octanol–water partition coefficient (Wildman–Crippen LogP) is -0.371. The van der Waals surface area contributed by atoms with Crippen LogP contribution in [0.3, 0.4) is 0 Å². The summed E-state index contributed by atoms with van der Waals surface area (Å²) in [5, 5.41) is 9.13. The number of nitrogens with zero attached hydrogens (tertiary/aromatic N) is 5. The summed E-state index contributed by atoms with van der Waals surface area (Å²) in [5.74, 6) is 1.52. The minimum Gasteiger partial charge on any atom is -0.395 e. The van der Waals surface area contributed by atoms with E-state index in [0.29, 0.717) is 18.1 Å². The van der Waals surface area contributed by atoms with E-state index in [0.717, 1.165) is 38.5 Å². The molecule has 0 bridgehead atoms. The second-order valence-corrected chi connectivity index (χ2v) is 5.03. The number of rotatable bonds is 5. The maximum atomic E-state index is 9.13. The van der Waals surface area contributed by atoms with Gasteiger partial charge < -0.3 is 25.5 Å². The fourth-order valence-electron chi connectivity index (χ4n) is 2.43. The first kappa shape index (κ1) is 14.8. The topological polar surface area (TPSA) is 81.8 Å². The first-order valence-corrected chi connectivity index (χ1v) is 7.07. The van der Waals surface area contributed by atoms with Gasteiger partial charge in [-0.25, -0.2) is 9.97 Å². The van der Waals surface area contributed by atoms with Crippen molar-refractivity contribution in [3.63, 3.8) is 0 Å². The zero-order valence-corrected chi connectivity index (χ0v) is 12.3. The Kier molecular flexibility index (Phi) is 4.97. The molecule has 0 unspecified atom stereocenters. The number of aliphatic hydroxyl groups is 1. The molecular weight excluding hydrogens is 256 g/mol. The number of aromatic nitrogens is 2. The molecule has 7 heteroatoms. The van der Waals surface area contributed by atoms with Gasteiger partial charge in [-0.3, -0.25) is 0 Å². The van der Waals surface area contributed by atoms with Crippen molar-refractivity contribution >= 4 is 17.3 Å². The standard InChI is InChI=1S/C13H24N6O/c1-3-18(8-9-20)12-11(14)13(16-10-15-12)19-6-4-17(2)5-7-19/h10,20H,3-9,14H2,1-2H3. The summed E-state index contributed by atoms with van der Waals surface area (Å²) in [6.07, 6.45) is 1.55. The molecule has 1 aromatic heterocycles. The largest absolute Gasteiger partial charge is 0.395 e. The van der Waals surface area contributed by atoms with E-state index in [2.05, 4.69) is 26.8 Å². The number of hydrogen-bond donors (Lipinski definition) is 2. The molecule has 1 aliphatic heterocycles. The van der Waals surface area contributed by atoms with Gasteiger partial charge in [-0.05, 0) is 14.0 Å². The molecule has 0 atom stereocenters. The van der Waals surface area contributed by atoms with Crippen molar-refractivity contribution in [2.24, 2.45) is 0 Å². The van der Waals surface area contributed by atoms with Gasteiger partial charge in [0.1, 0.15) is 12.0 Å². The maximum Gasteiger partial charge on any atom is 0.157 e. The molecule has 0 aromatic carbocycles. The number of hydrogen-bond acceptors (Lipinski definition) is 7. The van der Waals surface area contributed by atoms with E-state index in [9.17, 15) is 0 Å². The minimum atomic E-state index is 0.0844. The summed E-state index contributed by atoms with van der Waals surface area (Å²) in [7, 11) is 2.12. The van der Waals surface area contributed by atoms with Crippen LogP contribution in [0.5, 0.6) is 0 Å². The van der Waals surface area contributed by atoms with Crippen LogP contribution in [-0.4, -0.2) is 72.9 Å². The van der Waals surface area contributed by atoms with E-state index < -0.39 is 0 Å².